The minimum atomic E-state index is -4.75. The average Bonchev–Trinajstić information content (AvgIpc) is 2.37. The molecule has 20 heavy (non-hydrogen) atoms. The summed E-state index contributed by atoms with van der Waals surface area (Å²) in [6.45, 7) is 1.80. The molecule has 1 aromatic heterocycles. The van der Waals surface area contributed by atoms with E-state index in [0.717, 1.165) is 17.7 Å². The van der Waals surface area contributed by atoms with Gasteiger partial charge in [0.15, 0.2) is 0 Å². The number of benzene rings is 1. The minimum Gasteiger partial charge on any atom is -0.320 e. The van der Waals surface area contributed by atoms with E-state index in [-0.39, 0.29) is 5.56 Å². The van der Waals surface area contributed by atoms with E-state index in [1.54, 1.807) is 19.2 Å². The molecule has 0 aliphatic rings. The molecular weight excluding hydrogens is 272 g/mol. The Morgan fingerprint density at radius 3 is 2.40 bits per heavy atom. The third-order valence-electron chi connectivity index (χ3n) is 2.91. The highest BCUT2D eigenvalue weighted by Gasteiger charge is 2.34. The predicted octanol–water partition coefficient (Wildman–Crippen LogP) is 3.60. The first-order chi connectivity index (χ1) is 9.29. The Kier molecular flexibility index (Phi) is 3.76. The Balaban J connectivity index is 2.43. The molecule has 0 fully saturated rings. The third-order valence-corrected chi connectivity index (χ3v) is 2.91. The van der Waals surface area contributed by atoms with Gasteiger partial charge in [0.25, 0.3) is 0 Å². The Labute approximate surface area is 113 Å². The highest BCUT2D eigenvalue weighted by molar-refractivity contribution is 5.35. The molecule has 106 valence electrons. The van der Waals surface area contributed by atoms with Gasteiger partial charge in [0, 0.05) is 12.4 Å². The molecule has 0 saturated carbocycles. The van der Waals surface area contributed by atoms with Crippen LogP contribution in [0.2, 0.25) is 0 Å². The van der Waals surface area contributed by atoms with E-state index in [0.29, 0.717) is 5.56 Å². The van der Waals surface area contributed by atoms with Crippen molar-refractivity contribution in [3.05, 3.63) is 64.7 Å². The zero-order valence-electron chi connectivity index (χ0n) is 10.6. The second-order valence-corrected chi connectivity index (χ2v) is 4.51. The molecule has 0 amide bonds. The Bertz CT molecular complexity index is 623. The summed E-state index contributed by atoms with van der Waals surface area (Å²) < 4.78 is 51.2. The quantitative estimate of drug-likeness (QED) is 0.856. The number of pyridine rings is 1. The maximum Gasteiger partial charge on any atom is 0.419 e. The number of alkyl halides is 3. The standard InChI is InChI=1S/C14H12F4N2/c1-8-4-10(7-20-6-8)13(19)9-2-3-12(15)11(5-9)14(16,17)18/h2-7,13H,19H2,1H3. The van der Waals surface area contributed by atoms with Gasteiger partial charge in [-0.25, -0.2) is 4.39 Å². The van der Waals surface area contributed by atoms with E-state index in [4.69, 9.17) is 5.73 Å². The number of hydrogen-bond acceptors (Lipinski definition) is 2. The average molecular weight is 284 g/mol. The van der Waals surface area contributed by atoms with Crippen molar-refractivity contribution in [3.63, 3.8) is 0 Å². The van der Waals surface area contributed by atoms with Gasteiger partial charge in [-0.05, 0) is 35.7 Å². The summed E-state index contributed by atoms with van der Waals surface area (Å²) in [4.78, 5) is 3.94. The van der Waals surface area contributed by atoms with Gasteiger partial charge in [0.05, 0.1) is 11.6 Å². The SMILES string of the molecule is Cc1cncc(C(N)c2ccc(F)c(C(F)(F)F)c2)c1. The summed E-state index contributed by atoms with van der Waals surface area (Å²) in [5, 5.41) is 0. The van der Waals surface area contributed by atoms with Crippen LogP contribution < -0.4 is 5.73 Å². The van der Waals surface area contributed by atoms with Crippen molar-refractivity contribution in [2.24, 2.45) is 5.73 Å². The zero-order valence-corrected chi connectivity index (χ0v) is 10.6. The van der Waals surface area contributed by atoms with Crippen molar-refractivity contribution in [1.29, 1.82) is 0 Å². The van der Waals surface area contributed by atoms with Gasteiger partial charge in [0.1, 0.15) is 5.82 Å². The second-order valence-electron chi connectivity index (χ2n) is 4.51. The predicted molar refractivity (Wildman–Crippen MR) is 66.4 cm³/mol. The molecule has 0 bridgehead atoms. The Morgan fingerprint density at radius 2 is 1.80 bits per heavy atom. The monoisotopic (exact) mass is 284 g/mol. The molecule has 2 aromatic rings. The first-order valence-corrected chi connectivity index (χ1v) is 5.83. The van der Waals surface area contributed by atoms with E-state index < -0.39 is 23.6 Å². The second kappa shape index (κ2) is 5.20. The summed E-state index contributed by atoms with van der Waals surface area (Å²) in [7, 11) is 0. The van der Waals surface area contributed by atoms with Crippen molar-refractivity contribution >= 4 is 0 Å². The molecule has 1 atom stereocenters. The van der Waals surface area contributed by atoms with E-state index in [2.05, 4.69) is 4.98 Å². The van der Waals surface area contributed by atoms with Crippen LogP contribution in [0.1, 0.15) is 28.3 Å². The lowest BCUT2D eigenvalue weighted by Gasteiger charge is -2.15. The minimum absolute atomic E-state index is 0.186. The molecule has 2 rings (SSSR count). The van der Waals surface area contributed by atoms with Gasteiger partial charge in [0.2, 0.25) is 0 Å². The first kappa shape index (κ1) is 14.5. The summed E-state index contributed by atoms with van der Waals surface area (Å²) >= 11 is 0. The van der Waals surface area contributed by atoms with Crippen molar-refractivity contribution in [1.82, 2.24) is 4.98 Å². The van der Waals surface area contributed by atoms with Crippen LogP contribution >= 0.6 is 0 Å². The maximum absolute atomic E-state index is 13.2. The number of halogens is 4. The number of rotatable bonds is 2. The highest BCUT2D eigenvalue weighted by atomic mass is 19.4. The van der Waals surface area contributed by atoms with Gasteiger partial charge in [-0.1, -0.05) is 12.1 Å². The number of aryl methyl sites for hydroxylation is 1. The van der Waals surface area contributed by atoms with Gasteiger partial charge >= 0.3 is 6.18 Å². The van der Waals surface area contributed by atoms with Gasteiger partial charge in [-0.3, -0.25) is 4.98 Å². The van der Waals surface area contributed by atoms with Crippen LogP contribution in [0, 0.1) is 12.7 Å². The fourth-order valence-electron chi connectivity index (χ4n) is 1.89. The van der Waals surface area contributed by atoms with Gasteiger partial charge < -0.3 is 5.73 Å². The van der Waals surface area contributed by atoms with Crippen LogP contribution in [-0.4, -0.2) is 4.98 Å². The van der Waals surface area contributed by atoms with E-state index >= 15 is 0 Å². The normalized spacial score (nSPS) is 13.3. The van der Waals surface area contributed by atoms with E-state index in [9.17, 15) is 17.6 Å². The van der Waals surface area contributed by atoms with Crippen molar-refractivity contribution < 1.29 is 17.6 Å². The molecule has 1 unspecified atom stereocenters. The number of nitrogens with zero attached hydrogens (tertiary/aromatic N) is 1. The fraction of sp³-hybridized carbons (Fsp3) is 0.214. The van der Waals surface area contributed by atoms with Crippen LogP contribution in [0.5, 0.6) is 0 Å². The molecule has 2 N–H and O–H groups in total. The van der Waals surface area contributed by atoms with Crippen LogP contribution in [0.25, 0.3) is 0 Å². The van der Waals surface area contributed by atoms with E-state index in [1.807, 2.05) is 0 Å². The molecule has 2 nitrogen and oxygen atoms in total. The fourth-order valence-corrected chi connectivity index (χ4v) is 1.89. The zero-order chi connectivity index (χ0) is 14.9. The van der Waals surface area contributed by atoms with Gasteiger partial charge in [-0.2, -0.15) is 13.2 Å². The third kappa shape index (κ3) is 2.96. The smallest absolute Gasteiger partial charge is 0.320 e. The molecule has 0 spiro atoms. The highest BCUT2D eigenvalue weighted by Crippen LogP contribution is 2.33. The molecule has 0 aliphatic carbocycles. The molecule has 0 radical (unpaired) electrons. The molecule has 1 heterocycles. The Hall–Kier alpha value is -1.95. The molecular formula is C14H12F4N2. The largest absolute Gasteiger partial charge is 0.419 e. The van der Waals surface area contributed by atoms with Crippen molar-refractivity contribution in [3.8, 4) is 0 Å². The van der Waals surface area contributed by atoms with Crippen molar-refractivity contribution in [2.45, 2.75) is 19.1 Å². The lowest BCUT2D eigenvalue weighted by Crippen LogP contribution is -2.15. The van der Waals surface area contributed by atoms with Crippen molar-refractivity contribution in [2.75, 3.05) is 0 Å². The molecule has 1 aromatic carbocycles. The summed E-state index contributed by atoms with van der Waals surface area (Å²) in [5.74, 6) is -1.31. The Morgan fingerprint density at radius 1 is 1.10 bits per heavy atom. The van der Waals surface area contributed by atoms with Crippen LogP contribution in [-0.2, 0) is 6.18 Å². The first-order valence-electron chi connectivity index (χ1n) is 5.83. The van der Waals surface area contributed by atoms with Crippen LogP contribution in [0.4, 0.5) is 17.6 Å². The number of aromatic nitrogens is 1. The topological polar surface area (TPSA) is 38.9 Å². The molecule has 6 heteroatoms. The lowest BCUT2D eigenvalue weighted by atomic mass is 9.98. The number of nitrogens with two attached hydrogens (primary N) is 1. The summed E-state index contributed by atoms with van der Waals surface area (Å²) in [6.07, 6.45) is -1.65. The lowest BCUT2D eigenvalue weighted by molar-refractivity contribution is -0.140. The number of hydrogen-bond donors (Lipinski definition) is 1. The van der Waals surface area contributed by atoms with Crippen LogP contribution in [0.3, 0.4) is 0 Å². The van der Waals surface area contributed by atoms with Crippen LogP contribution in [0.15, 0.2) is 36.7 Å². The maximum atomic E-state index is 13.2. The summed E-state index contributed by atoms with van der Waals surface area (Å²) in [5.41, 5.74) is 6.21. The molecule has 0 saturated heterocycles. The van der Waals surface area contributed by atoms with Gasteiger partial charge in [-0.15, -0.1) is 0 Å². The summed E-state index contributed by atoms with van der Waals surface area (Å²) in [6, 6.07) is 3.71. The van der Waals surface area contributed by atoms with E-state index in [1.165, 1.54) is 12.3 Å². The molecule has 0 aliphatic heterocycles.